The fourth-order valence-corrected chi connectivity index (χ4v) is 1.56. The molecule has 0 aliphatic heterocycles. The Labute approximate surface area is 112 Å². The van der Waals surface area contributed by atoms with Gasteiger partial charge in [-0.3, -0.25) is 4.79 Å². The van der Waals surface area contributed by atoms with Crippen molar-refractivity contribution in [3.8, 4) is 0 Å². The highest BCUT2D eigenvalue weighted by molar-refractivity contribution is 5.94. The molecule has 1 aromatic rings. The van der Waals surface area contributed by atoms with Crippen molar-refractivity contribution in [2.75, 3.05) is 18.5 Å². The van der Waals surface area contributed by atoms with Gasteiger partial charge in [0.05, 0.1) is 18.6 Å². The van der Waals surface area contributed by atoms with Crippen molar-refractivity contribution in [2.45, 2.75) is 26.7 Å². The minimum atomic E-state index is -1.00. The zero-order chi connectivity index (χ0) is 14.3. The number of aryl methyl sites for hydroxylation is 1. The van der Waals surface area contributed by atoms with Crippen molar-refractivity contribution in [3.63, 3.8) is 0 Å². The second kappa shape index (κ2) is 7.53. The maximum atomic E-state index is 11.6. The third-order valence-corrected chi connectivity index (χ3v) is 2.57. The number of ether oxygens (including phenoxy) is 1. The number of anilines is 1. The SMILES string of the molecule is CCCOCCC(=O)Nc1ccc(C)c(C(=O)O)c1. The minimum Gasteiger partial charge on any atom is -0.478 e. The van der Waals surface area contributed by atoms with Crippen LogP contribution in [-0.2, 0) is 9.53 Å². The van der Waals surface area contributed by atoms with Gasteiger partial charge >= 0.3 is 5.97 Å². The molecule has 0 atom stereocenters. The number of carbonyl (C=O) groups excluding carboxylic acids is 1. The van der Waals surface area contributed by atoms with E-state index in [-0.39, 0.29) is 17.9 Å². The van der Waals surface area contributed by atoms with Crippen molar-refractivity contribution in [1.29, 1.82) is 0 Å². The highest BCUT2D eigenvalue weighted by Crippen LogP contribution is 2.15. The number of carbonyl (C=O) groups is 2. The number of amides is 1. The molecule has 2 N–H and O–H groups in total. The van der Waals surface area contributed by atoms with Crippen molar-refractivity contribution < 1.29 is 19.4 Å². The van der Waals surface area contributed by atoms with E-state index in [9.17, 15) is 9.59 Å². The highest BCUT2D eigenvalue weighted by Gasteiger charge is 2.09. The number of carboxylic acids is 1. The van der Waals surface area contributed by atoms with Crippen molar-refractivity contribution in [3.05, 3.63) is 29.3 Å². The standard InChI is InChI=1S/C14H19NO4/c1-3-7-19-8-6-13(16)15-11-5-4-10(2)12(9-11)14(17)18/h4-5,9H,3,6-8H2,1-2H3,(H,15,16)(H,17,18). The zero-order valence-electron chi connectivity index (χ0n) is 11.2. The lowest BCUT2D eigenvalue weighted by molar-refractivity contribution is -0.117. The van der Waals surface area contributed by atoms with E-state index in [1.165, 1.54) is 6.07 Å². The molecule has 0 aliphatic carbocycles. The fourth-order valence-electron chi connectivity index (χ4n) is 1.56. The summed E-state index contributed by atoms with van der Waals surface area (Å²) in [5.41, 5.74) is 1.35. The molecule has 104 valence electrons. The molecule has 0 fully saturated rings. The van der Waals surface area contributed by atoms with E-state index < -0.39 is 5.97 Å². The predicted octanol–water partition coefficient (Wildman–Crippen LogP) is 2.45. The summed E-state index contributed by atoms with van der Waals surface area (Å²) in [5, 5.41) is 11.7. The van der Waals surface area contributed by atoms with Crippen LogP contribution in [0.5, 0.6) is 0 Å². The minimum absolute atomic E-state index is 0.184. The second-order valence-corrected chi connectivity index (χ2v) is 4.25. The average Bonchev–Trinajstić information content (AvgIpc) is 2.36. The first kappa shape index (κ1) is 15.2. The summed E-state index contributed by atoms with van der Waals surface area (Å²) in [6.07, 6.45) is 1.18. The number of nitrogens with one attached hydrogen (secondary N) is 1. The van der Waals surface area contributed by atoms with Crippen molar-refractivity contribution >= 4 is 17.6 Å². The van der Waals surface area contributed by atoms with Gasteiger partial charge in [-0.25, -0.2) is 4.79 Å². The van der Waals surface area contributed by atoms with Crippen LogP contribution in [0.1, 0.15) is 35.7 Å². The molecule has 1 amide bonds. The number of rotatable bonds is 7. The van der Waals surface area contributed by atoms with E-state index in [1.807, 2.05) is 6.92 Å². The lowest BCUT2D eigenvalue weighted by atomic mass is 10.1. The summed E-state index contributed by atoms with van der Waals surface area (Å²) < 4.78 is 5.22. The fraction of sp³-hybridized carbons (Fsp3) is 0.429. The maximum absolute atomic E-state index is 11.6. The summed E-state index contributed by atoms with van der Waals surface area (Å²) >= 11 is 0. The molecule has 0 bridgehead atoms. The Morgan fingerprint density at radius 2 is 2.05 bits per heavy atom. The van der Waals surface area contributed by atoms with Gasteiger partial charge in [-0.1, -0.05) is 13.0 Å². The first-order valence-electron chi connectivity index (χ1n) is 6.26. The van der Waals surface area contributed by atoms with Gasteiger partial charge in [-0.05, 0) is 31.0 Å². The number of hydrogen-bond acceptors (Lipinski definition) is 3. The summed E-state index contributed by atoms with van der Waals surface area (Å²) in [5.74, 6) is -1.18. The van der Waals surface area contributed by atoms with E-state index in [4.69, 9.17) is 9.84 Å². The Morgan fingerprint density at radius 3 is 2.68 bits per heavy atom. The lowest BCUT2D eigenvalue weighted by Crippen LogP contribution is -2.15. The van der Waals surface area contributed by atoms with Crippen LogP contribution in [-0.4, -0.2) is 30.2 Å². The van der Waals surface area contributed by atoms with E-state index in [0.29, 0.717) is 24.5 Å². The van der Waals surface area contributed by atoms with Gasteiger partial charge in [-0.15, -0.1) is 0 Å². The molecule has 0 aromatic heterocycles. The lowest BCUT2D eigenvalue weighted by Gasteiger charge is -2.08. The molecule has 1 rings (SSSR count). The Hall–Kier alpha value is -1.88. The van der Waals surface area contributed by atoms with Gasteiger partial charge < -0.3 is 15.2 Å². The topological polar surface area (TPSA) is 75.6 Å². The molecule has 19 heavy (non-hydrogen) atoms. The zero-order valence-corrected chi connectivity index (χ0v) is 11.2. The van der Waals surface area contributed by atoms with Crippen LogP contribution in [0.3, 0.4) is 0 Å². The molecule has 0 spiro atoms. The number of aromatic carboxylic acids is 1. The molecule has 1 aromatic carbocycles. The summed E-state index contributed by atoms with van der Waals surface area (Å²) in [4.78, 5) is 22.6. The van der Waals surface area contributed by atoms with Crippen LogP contribution in [0.15, 0.2) is 18.2 Å². The van der Waals surface area contributed by atoms with Gasteiger partial charge in [0.25, 0.3) is 0 Å². The predicted molar refractivity (Wildman–Crippen MR) is 72.5 cm³/mol. The van der Waals surface area contributed by atoms with Crippen LogP contribution in [0.4, 0.5) is 5.69 Å². The van der Waals surface area contributed by atoms with Gasteiger partial charge in [0.1, 0.15) is 0 Å². The Kier molecular flexibility index (Phi) is 6.02. The number of hydrogen-bond donors (Lipinski definition) is 2. The molecule has 0 saturated heterocycles. The van der Waals surface area contributed by atoms with Gasteiger partial charge in [-0.2, -0.15) is 0 Å². The van der Waals surface area contributed by atoms with E-state index >= 15 is 0 Å². The van der Waals surface area contributed by atoms with E-state index in [1.54, 1.807) is 19.1 Å². The Bertz CT molecular complexity index is 457. The molecule has 0 aliphatic rings. The summed E-state index contributed by atoms with van der Waals surface area (Å²) in [6.45, 7) is 4.73. The van der Waals surface area contributed by atoms with Crippen LogP contribution < -0.4 is 5.32 Å². The molecular weight excluding hydrogens is 246 g/mol. The molecule has 0 heterocycles. The average molecular weight is 265 g/mol. The van der Waals surface area contributed by atoms with Crippen LogP contribution in [0.2, 0.25) is 0 Å². The first-order chi connectivity index (χ1) is 9.04. The number of carboxylic acid groups (broad SMARTS) is 1. The normalized spacial score (nSPS) is 10.2. The monoisotopic (exact) mass is 265 g/mol. The van der Waals surface area contributed by atoms with Gasteiger partial charge in [0, 0.05) is 12.3 Å². The van der Waals surface area contributed by atoms with Crippen LogP contribution in [0.25, 0.3) is 0 Å². The van der Waals surface area contributed by atoms with Crippen molar-refractivity contribution in [1.82, 2.24) is 0 Å². The molecule has 0 radical (unpaired) electrons. The van der Waals surface area contributed by atoms with Gasteiger partial charge in [0.15, 0.2) is 0 Å². The van der Waals surface area contributed by atoms with E-state index in [2.05, 4.69) is 5.32 Å². The molecular formula is C14H19NO4. The first-order valence-corrected chi connectivity index (χ1v) is 6.26. The van der Waals surface area contributed by atoms with Gasteiger partial charge in [0.2, 0.25) is 5.91 Å². The molecule has 5 nitrogen and oxygen atoms in total. The summed E-state index contributed by atoms with van der Waals surface area (Å²) in [7, 11) is 0. The quantitative estimate of drug-likeness (QED) is 0.742. The Morgan fingerprint density at radius 1 is 1.32 bits per heavy atom. The van der Waals surface area contributed by atoms with Crippen LogP contribution >= 0.6 is 0 Å². The van der Waals surface area contributed by atoms with Crippen molar-refractivity contribution in [2.24, 2.45) is 0 Å². The largest absolute Gasteiger partial charge is 0.478 e. The van der Waals surface area contributed by atoms with E-state index in [0.717, 1.165) is 6.42 Å². The Balaban J connectivity index is 2.55. The molecule has 0 unspecified atom stereocenters. The highest BCUT2D eigenvalue weighted by atomic mass is 16.5. The second-order valence-electron chi connectivity index (χ2n) is 4.25. The number of benzene rings is 1. The third kappa shape index (κ3) is 5.09. The third-order valence-electron chi connectivity index (χ3n) is 2.57. The smallest absolute Gasteiger partial charge is 0.336 e. The molecule has 5 heteroatoms. The maximum Gasteiger partial charge on any atom is 0.336 e. The van der Waals surface area contributed by atoms with Crippen LogP contribution in [0, 0.1) is 6.92 Å². The summed E-state index contributed by atoms with van der Waals surface area (Å²) in [6, 6.07) is 4.82. The molecule has 0 saturated carbocycles.